The standard InChI is InChI=1S/C12H18N2O3/c1-12(2,3)11(15)8-13-9-4-6-10(7-5-9)14(16)17/h4-7,11,13,15H,8H2,1-3H3. The molecule has 0 aliphatic rings. The molecule has 0 radical (unpaired) electrons. The van der Waals surface area contributed by atoms with Crippen LogP contribution in [0.5, 0.6) is 0 Å². The number of benzene rings is 1. The van der Waals surface area contributed by atoms with Gasteiger partial charge in [0.05, 0.1) is 11.0 Å². The van der Waals surface area contributed by atoms with E-state index < -0.39 is 11.0 Å². The van der Waals surface area contributed by atoms with Crippen molar-refractivity contribution in [3.05, 3.63) is 34.4 Å². The minimum absolute atomic E-state index is 0.0620. The summed E-state index contributed by atoms with van der Waals surface area (Å²) >= 11 is 0. The van der Waals surface area contributed by atoms with Crippen LogP contribution in [0.4, 0.5) is 11.4 Å². The van der Waals surface area contributed by atoms with Gasteiger partial charge >= 0.3 is 0 Å². The Morgan fingerprint density at radius 2 is 1.88 bits per heavy atom. The summed E-state index contributed by atoms with van der Waals surface area (Å²) in [6, 6.07) is 6.14. The van der Waals surface area contributed by atoms with Crippen molar-refractivity contribution in [2.75, 3.05) is 11.9 Å². The smallest absolute Gasteiger partial charge is 0.269 e. The summed E-state index contributed by atoms with van der Waals surface area (Å²) in [6.45, 7) is 6.28. The maximum atomic E-state index is 10.5. The molecule has 0 saturated heterocycles. The Morgan fingerprint density at radius 3 is 2.29 bits per heavy atom. The first-order chi connectivity index (χ1) is 7.80. The van der Waals surface area contributed by atoms with E-state index in [0.29, 0.717) is 6.54 Å². The number of aliphatic hydroxyl groups excluding tert-OH is 1. The van der Waals surface area contributed by atoms with Crippen molar-refractivity contribution < 1.29 is 10.0 Å². The predicted molar refractivity (Wildman–Crippen MR) is 67.0 cm³/mol. The van der Waals surface area contributed by atoms with Gasteiger partial charge in [0, 0.05) is 24.4 Å². The fourth-order valence-corrected chi connectivity index (χ4v) is 1.22. The Bertz CT molecular complexity index is 382. The number of nitro groups is 1. The highest BCUT2D eigenvalue weighted by Gasteiger charge is 2.21. The Balaban J connectivity index is 2.56. The normalized spacial score (nSPS) is 13.2. The Kier molecular flexibility index (Phi) is 4.07. The van der Waals surface area contributed by atoms with Gasteiger partial charge in [0.25, 0.3) is 5.69 Å². The monoisotopic (exact) mass is 238 g/mol. The number of non-ortho nitro benzene ring substituents is 1. The van der Waals surface area contributed by atoms with Gasteiger partial charge in [0.2, 0.25) is 0 Å². The second-order valence-corrected chi connectivity index (χ2v) is 5.07. The molecule has 0 spiro atoms. The molecule has 5 nitrogen and oxygen atoms in total. The van der Waals surface area contributed by atoms with Gasteiger partial charge in [-0.2, -0.15) is 0 Å². The molecule has 2 N–H and O–H groups in total. The Morgan fingerprint density at radius 1 is 1.35 bits per heavy atom. The average molecular weight is 238 g/mol. The van der Waals surface area contributed by atoms with Crippen molar-refractivity contribution >= 4 is 11.4 Å². The maximum Gasteiger partial charge on any atom is 0.269 e. The zero-order valence-corrected chi connectivity index (χ0v) is 10.3. The molecule has 17 heavy (non-hydrogen) atoms. The van der Waals surface area contributed by atoms with Crippen LogP contribution in [0.3, 0.4) is 0 Å². The molecule has 0 heterocycles. The van der Waals surface area contributed by atoms with E-state index in [2.05, 4.69) is 5.32 Å². The summed E-state index contributed by atoms with van der Waals surface area (Å²) < 4.78 is 0. The summed E-state index contributed by atoms with van der Waals surface area (Å²) in [4.78, 5) is 10.0. The van der Waals surface area contributed by atoms with Crippen LogP contribution in [0.25, 0.3) is 0 Å². The molecule has 0 aliphatic heterocycles. The van der Waals surface area contributed by atoms with Crippen LogP contribution in [0.1, 0.15) is 20.8 Å². The predicted octanol–water partition coefficient (Wildman–Crippen LogP) is 2.41. The molecule has 0 aromatic heterocycles. The van der Waals surface area contributed by atoms with Crippen LogP contribution < -0.4 is 5.32 Å². The minimum atomic E-state index is -0.474. The molecule has 0 saturated carbocycles. The molecule has 0 bridgehead atoms. The molecular weight excluding hydrogens is 220 g/mol. The molecule has 1 rings (SSSR count). The molecule has 94 valence electrons. The van der Waals surface area contributed by atoms with Gasteiger partial charge in [0.1, 0.15) is 0 Å². The summed E-state index contributed by atoms with van der Waals surface area (Å²) in [5.41, 5.74) is 0.638. The first kappa shape index (κ1) is 13.4. The third-order valence-electron chi connectivity index (χ3n) is 2.58. The van der Waals surface area contributed by atoms with Crippen molar-refractivity contribution in [1.82, 2.24) is 0 Å². The second kappa shape index (κ2) is 5.14. The van der Waals surface area contributed by atoms with Crippen LogP contribution in [-0.2, 0) is 0 Å². The van der Waals surface area contributed by atoms with Crippen LogP contribution >= 0.6 is 0 Å². The van der Waals surface area contributed by atoms with Gasteiger partial charge in [0.15, 0.2) is 0 Å². The SMILES string of the molecule is CC(C)(C)C(O)CNc1ccc([N+](=O)[O-])cc1. The summed E-state index contributed by atoms with van der Waals surface area (Å²) in [5, 5.41) is 23.3. The zero-order chi connectivity index (χ0) is 13.1. The Labute approximate surface area is 101 Å². The fourth-order valence-electron chi connectivity index (χ4n) is 1.22. The van der Waals surface area contributed by atoms with E-state index >= 15 is 0 Å². The quantitative estimate of drug-likeness (QED) is 0.624. The lowest BCUT2D eigenvalue weighted by Gasteiger charge is -2.26. The van der Waals surface area contributed by atoms with E-state index in [1.807, 2.05) is 20.8 Å². The molecule has 1 aromatic rings. The molecule has 0 fully saturated rings. The summed E-state index contributed by atoms with van der Waals surface area (Å²) in [6.07, 6.45) is -0.474. The first-order valence-corrected chi connectivity index (χ1v) is 5.47. The Hall–Kier alpha value is -1.62. The van der Waals surface area contributed by atoms with Gasteiger partial charge in [-0.05, 0) is 17.5 Å². The lowest BCUT2D eigenvalue weighted by atomic mass is 9.89. The van der Waals surface area contributed by atoms with Crippen LogP contribution in [-0.4, -0.2) is 22.7 Å². The van der Waals surface area contributed by atoms with Crippen molar-refractivity contribution in [2.45, 2.75) is 26.9 Å². The lowest BCUT2D eigenvalue weighted by Crippen LogP contribution is -2.32. The van der Waals surface area contributed by atoms with Crippen LogP contribution in [0.2, 0.25) is 0 Å². The molecule has 5 heteroatoms. The van der Waals surface area contributed by atoms with Crippen molar-refractivity contribution in [1.29, 1.82) is 0 Å². The molecular formula is C12H18N2O3. The van der Waals surface area contributed by atoms with Gasteiger partial charge in [-0.15, -0.1) is 0 Å². The number of hydrogen-bond acceptors (Lipinski definition) is 4. The first-order valence-electron chi connectivity index (χ1n) is 5.47. The summed E-state index contributed by atoms with van der Waals surface area (Å²) in [7, 11) is 0. The van der Waals surface area contributed by atoms with E-state index in [4.69, 9.17) is 0 Å². The fraction of sp³-hybridized carbons (Fsp3) is 0.500. The van der Waals surface area contributed by atoms with Crippen molar-refractivity contribution in [2.24, 2.45) is 5.41 Å². The van der Waals surface area contributed by atoms with E-state index in [1.165, 1.54) is 12.1 Å². The highest BCUT2D eigenvalue weighted by Crippen LogP contribution is 2.20. The molecule has 0 aliphatic carbocycles. The minimum Gasteiger partial charge on any atom is -0.391 e. The molecule has 1 atom stereocenters. The largest absolute Gasteiger partial charge is 0.391 e. The molecule has 0 amide bonds. The number of nitrogens with zero attached hydrogens (tertiary/aromatic N) is 1. The van der Waals surface area contributed by atoms with Crippen LogP contribution in [0.15, 0.2) is 24.3 Å². The van der Waals surface area contributed by atoms with Crippen molar-refractivity contribution in [3.8, 4) is 0 Å². The number of nitro benzene ring substituents is 1. The topological polar surface area (TPSA) is 75.4 Å². The third kappa shape index (κ3) is 4.03. The zero-order valence-electron chi connectivity index (χ0n) is 10.3. The number of rotatable bonds is 4. The third-order valence-corrected chi connectivity index (χ3v) is 2.58. The van der Waals surface area contributed by atoms with E-state index in [1.54, 1.807) is 12.1 Å². The number of anilines is 1. The maximum absolute atomic E-state index is 10.5. The highest BCUT2D eigenvalue weighted by molar-refractivity contribution is 5.48. The number of hydrogen-bond donors (Lipinski definition) is 2. The van der Waals surface area contributed by atoms with E-state index in [9.17, 15) is 15.2 Å². The molecule has 1 unspecified atom stereocenters. The van der Waals surface area contributed by atoms with Crippen LogP contribution in [0, 0.1) is 15.5 Å². The highest BCUT2D eigenvalue weighted by atomic mass is 16.6. The van der Waals surface area contributed by atoms with E-state index in [-0.39, 0.29) is 11.1 Å². The van der Waals surface area contributed by atoms with Gasteiger partial charge in [-0.25, -0.2) is 0 Å². The summed E-state index contributed by atoms with van der Waals surface area (Å²) in [5.74, 6) is 0. The second-order valence-electron chi connectivity index (χ2n) is 5.07. The molecule has 1 aromatic carbocycles. The van der Waals surface area contributed by atoms with Gasteiger partial charge < -0.3 is 10.4 Å². The van der Waals surface area contributed by atoms with Gasteiger partial charge in [-0.1, -0.05) is 20.8 Å². The van der Waals surface area contributed by atoms with Gasteiger partial charge in [-0.3, -0.25) is 10.1 Å². The van der Waals surface area contributed by atoms with E-state index in [0.717, 1.165) is 5.69 Å². The van der Waals surface area contributed by atoms with Crippen molar-refractivity contribution in [3.63, 3.8) is 0 Å². The number of aliphatic hydroxyl groups is 1. The lowest BCUT2D eigenvalue weighted by molar-refractivity contribution is -0.384. The number of nitrogens with one attached hydrogen (secondary N) is 1. The average Bonchev–Trinajstić information content (AvgIpc) is 2.25.